The molecule has 0 saturated heterocycles. The lowest BCUT2D eigenvalue weighted by Crippen LogP contribution is -2.29. The number of carbonyl (C=O) groups is 1. The third kappa shape index (κ3) is 3.30. The van der Waals surface area contributed by atoms with E-state index in [-0.39, 0.29) is 33.6 Å². The van der Waals surface area contributed by atoms with E-state index in [9.17, 15) is 14.0 Å². The summed E-state index contributed by atoms with van der Waals surface area (Å²) in [7, 11) is 0. The molecule has 0 aliphatic carbocycles. The zero-order valence-electron chi connectivity index (χ0n) is 17.9. The molecule has 160 valence electrons. The molecule has 5 heteroatoms. The van der Waals surface area contributed by atoms with Crippen LogP contribution in [-0.4, -0.2) is 10.8 Å². The van der Waals surface area contributed by atoms with Crippen molar-refractivity contribution in [2.45, 2.75) is 32.9 Å². The van der Waals surface area contributed by atoms with Gasteiger partial charge in [0.2, 0.25) is 5.76 Å². The van der Waals surface area contributed by atoms with Gasteiger partial charge in [0.15, 0.2) is 5.43 Å². The maximum absolute atomic E-state index is 13.9. The zero-order valence-corrected chi connectivity index (χ0v) is 17.9. The second kappa shape index (κ2) is 7.75. The van der Waals surface area contributed by atoms with Crippen molar-refractivity contribution in [3.8, 4) is 0 Å². The number of nitrogens with zero attached hydrogens (tertiary/aromatic N) is 1. The highest BCUT2D eigenvalue weighted by molar-refractivity contribution is 5.99. The van der Waals surface area contributed by atoms with Crippen molar-refractivity contribution in [2.75, 3.05) is 0 Å². The smallest absolute Gasteiger partial charge is 0.291 e. The normalized spacial score (nSPS) is 15.4. The Morgan fingerprint density at radius 1 is 0.938 bits per heavy atom. The summed E-state index contributed by atoms with van der Waals surface area (Å²) in [5.41, 5.74) is 4.17. The maximum atomic E-state index is 13.9. The fourth-order valence-electron chi connectivity index (χ4n) is 4.33. The molecule has 0 saturated carbocycles. The van der Waals surface area contributed by atoms with Gasteiger partial charge < -0.3 is 9.32 Å². The molecule has 0 N–H and O–H groups in total. The predicted octanol–water partition coefficient (Wildman–Crippen LogP) is 5.55. The number of amides is 1. The topological polar surface area (TPSA) is 50.5 Å². The average molecular weight is 427 g/mol. The Bertz CT molecular complexity index is 1390. The Balaban J connectivity index is 1.70. The first kappa shape index (κ1) is 20.2. The molecule has 32 heavy (non-hydrogen) atoms. The lowest BCUT2D eigenvalue weighted by molar-refractivity contribution is 0.0714. The fraction of sp³-hybridized carbons (Fsp3) is 0.185. The summed E-state index contributed by atoms with van der Waals surface area (Å²) in [5.74, 6) is -0.825. The highest BCUT2D eigenvalue weighted by Crippen LogP contribution is 2.39. The van der Waals surface area contributed by atoms with E-state index in [0.717, 1.165) is 28.7 Å². The molecule has 3 aromatic carbocycles. The Kier molecular flexibility index (Phi) is 4.89. The van der Waals surface area contributed by atoms with Crippen LogP contribution >= 0.6 is 0 Å². The first-order valence-electron chi connectivity index (χ1n) is 10.7. The Hall–Kier alpha value is -3.73. The molecule has 1 aliphatic heterocycles. The number of fused-ring (bicyclic) bond motifs is 2. The molecule has 0 fully saturated rings. The average Bonchev–Trinajstić information content (AvgIpc) is 3.08. The largest absolute Gasteiger partial charge is 0.450 e. The van der Waals surface area contributed by atoms with E-state index in [0.29, 0.717) is 6.54 Å². The summed E-state index contributed by atoms with van der Waals surface area (Å²) >= 11 is 0. The van der Waals surface area contributed by atoms with E-state index >= 15 is 0 Å². The van der Waals surface area contributed by atoms with Gasteiger partial charge in [0.05, 0.1) is 17.0 Å². The first-order chi connectivity index (χ1) is 15.5. The molecule has 4 nitrogen and oxygen atoms in total. The van der Waals surface area contributed by atoms with E-state index in [1.54, 1.807) is 4.90 Å². The third-order valence-electron chi connectivity index (χ3n) is 6.10. The number of halogens is 1. The zero-order chi connectivity index (χ0) is 22.4. The second-order valence-corrected chi connectivity index (χ2v) is 8.23. The molecule has 1 aromatic heterocycles. The number of benzene rings is 3. The molecule has 4 aromatic rings. The van der Waals surface area contributed by atoms with Gasteiger partial charge in [-0.05, 0) is 48.2 Å². The van der Waals surface area contributed by atoms with Crippen LogP contribution in [0.25, 0.3) is 11.0 Å². The molecule has 1 amide bonds. The van der Waals surface area contributed by atoms with Crippen molar-refractivity contribution >= 4 is 16.9 Å². The number of hydrogen-bond acceptors (Lipinski definition) is 3. The molecule has 0 radical (unpaired) electrons. The van der Waals surface area contributed by atoms with Crippen LogP contribution in [0.15, 0.2) is 75.9 Å². The van der Waals surface area contributed by atoms with Gasteiger partial charge in [-0.15, -0.1) is 0 Å². The van der Waals surface area contributed by atoms with Gasteiger partial charge in [-0.1, -0.05) is 61.0 Å². The molecule has 0 bridgehead atoms. The highest BCUT2D eigenvalue weighted by atomic mass is 19.1. The summed E-state index contributed by atoms with van der Waals surface area (Å²) in [6.07, 6.45) is 0.888. The predicted molar refractivity (Wildman–Crippen MR) is 121 cm³/mol. The minimum absolute atomic E-state index is 0.0331. The molecule has 0 spiro atoms. The lowest BCUT2D eigenvalue weighted by atomic mass is 9.97. The van der Waals surface area contributed by atoms with E-state index in [2.05, 4.69) is 6.92 Å². The van der Waals surface area contributed by atoms with Gasteiger partial charge in [-0.2, -0.15) is 0 Å². The van der Waals surface area contributed by atoms with Crippen LogP contribution < -0.4 is 5.43 Å². The van der Waals surface area contributed by atoms with Gasteiger partial charge in [0.1, 0.15) is 11.4 Å². The van der Waals surface area contributed by atoms with Crippen molar-refractivity contribution in [3.05, 3.63) is 116 Å². The van der Waals surface area contributed by atoms with E-state index < -0.39 is 11.9 Å². The van der Waals surface area contributed by atoms with Crippen LogP contribution in [0.2, 0.25) is 0 Å². The van der Waals surface area contributed by atoms with Crippen molar-refractivity contribution in [1.29, 1.82) is 0 Å². The Morgan fingerprint density at radius 3 is 2.31 bits per heavy atom. The molecule has 2 heterocycles. The summed E-state index contributed by atoms with van der Waals surface area (Å²) in [5, 5.41) is 0.143. The van der Waals surface area contributed by atoms with E-state index in [1.807, 2.05) is 55.5 Å². The van der Waals surface area contributed by atoms with Crippen molar-refractivity contribution in [2.24, 2.45) is 0 Å². The minimum Gasteiger partial charge on any atom is -0.450 e. The monoisotopic (exact) mass is 427 g/mol. The minimum atomic E-state index is -0.603. The van der Waals surface area contributed by atoms with Crippen LogP contribution in [-0.2, 0) is 13.0 Å². The standard InChI is InChI=1S/C27H22FNO3/c1-3-17-8-10-19(11-9-17)24-23-25(30)21-14-20(28)12-13-22(21)32-26(23)27(31)29(24)15-18-6-4-16(2)5-7-18/h4-14,24H,3,15H2,1-2H3. The number of rotatable bonds is 4. The van der Waals surface area contributed by atoms with Gasteiger partial charge in [0, 0.05) is 6.54 Å². The SMILES string of the molecule is CCc1ccc(C2c3c(oc4ccc(F)cc4c3=O)C(=O)N2Cc2ccc(C)cc2)cc1. The van der Waals surface area contributed by atoms with Crippen molar-refractivity contribution < 1.29 is 13.6 Å². The van der Waals surface area contributed by atoms with Gasteiger partial charge >= 0.3 is 0 Å². The quantitative estimate of drug-likeness (QED) is 0.429. The Morgan fingerprint density at radius 2 is 1.62 bits per heavy atom. The molecule has 1 aliphatic rings. The van der Waals surface area contributed by atoms with Gasteiger partial charge in [-0.25, -0.2) is 4.39 Å². The fourth-order valence-corrected chi connectivity index (χ4v) is 4.33. The first-order valence-corrected chi connectivity index (χ1v) is 10.7. The molecule has 1 atom stereocenters. The van der Waals surface area contributed by atoms with Gasteiger partial charge in [0.25, 0.3) is 5.91 Å². The molecular formula is C27H22FNO3. The van der Waals surface area contributed by atoms with Crippen LogP contribution in [0.4, 0.5) is 4.39 Å². The third-order valence-corrected chi connectivity index (χ3v) is 6.10. The number of hydrogen-bond donors (Lipinski definition) is 0. The molecule has 1 unspecified atom stereocenters. The maximum Gasteiger partial charge on any atom is 0.291 e. The lowest BCUT2D eigenvalue weighted by Gasteiger charge is -2.25. The highest BCUT2D eigenvalue weighted by Gasteiger charge is 2.42. The second-order valence-electron chi connectivity index (χ2n) is 8.23. The van der Waals surface area contributed by atoms with Crippen LogP contribution in [0.3, 0.4) is 0 Å². The van der Waals surface area contributed by atoms with Crippen molar-refractivity contribution in [3.63, 3.8) is 0 Å². The summed E-state index contributed by atoms with van der Waals surface area (Å²) in [4.78, 5) is 28.6. The summed E-state index contributed by atoms with van der Waals surface area (Å²) in [6.45, 7) is 4.40. The number of aryl methyl sites for hydroxylation is 2. The summed E-state index contributed by atoms with van der Waals surface area (Å²) < 4.78 is 19.8. The van der Waals surface area contributed by atoms with Crippen LogP contribution in [0.5, 0.6) is 0 Å². The number of carbonyl (C=O) groups excluding carboxylic acids is 1. The van der Waals surface area contributed by atoms with E-state index in [1.165, 1.54) is 18.2 Å². The Labute approximate surface area is 184 Å². The van der Waals surface area contributed by atoms with Crippen molar-refractivity contribution in [1.82, 2.24) is 4.90 Å². The van der Waals surface area contributed by atoms with Gasteiger partial charge in [-0.3, -0.25) is 9.59 Å². The van der Waals surface area contributed by atoms with E-state index in [4.69, 9.17) is 4.42 Å². The summed E-state index contributed by atoms with van der Waals surface area (Å²) in [6, 6.07) is 19.0. The molecular weight excluding hydrogens is 405 g/mol. The van der Waals surface area contributed by atoms with Crippen LogP contribution in [0.1, 0.15) is 51.3 Å². The van der Waals surface area contributed by atoms with Crippen LogP contribution in [0, 0.1) is 12.7 Å². The molecule has 5 rings (SSSR count).